The number of nitrogens with one attached hydrogen (secondary N) is 1. The number of carbonyl (C=O) groups excluding carboxylic acids is 1. The third-order valence-electron chi connectivity index (χ3n) is 4.98. The van der Waals surface area contributed by atoms with Gasteiger partial charge in [0.1, 0.15) is 19.0 Å². The number of nitrogens with zero attached hydrogens (tertiary/aromatic N) is 3. The molecule has 2 aliphatic rings. The van der Waals surface area contributed by atoms with E-state index >= 15 is 0 Å². The first-order valence-electron chi connectivity index (χ1n) is 9.70. The van der Waals surface area contributed by atoms with E-state index < -0.39 is 11.8 Å². The third-order valence-corrected chi connectivity index (χ3v) is 5.62. The van der Waals surface area contributed by atoms with Crippen molar-refractivity contribution >= 4 is 29.2 Å². The van der Waals surface area contributed by atoms with Gasteiger partial charge in [0.05, 0.1) is 10.6 Å². The number of halogens is 2. The molecule has 2 aromatic heterocycles. The minimum Gasteiger partial charge on any atom is -0.484 e. The van der Waals surface area contributed by atoms with E-state index in [1.165, 1.54) is 11.8 Å². The molecule has 4 rings (SSSR count). The molecule has 0 aliphatic carbocycles. The lowest BCUT2D eigenvalue weighted by molar-refractivity contribution is -0.0102. The van der Waals surface area contributed by atoms with E-state index in [4.69, 9.17) is 9.47 Å². The Kier molecular flexibility index (Phi) is 5.94. The van der Waals surface area contributed by atoms with Crippen LogP contribution in [0.5, 0.6) is 11.6 Å². The number of rotatable bonds is 4. The molecule has 30 heavy (non-hydrogen) atoms. The number of pyridine rings is 2. The maximum absolute atomic E-state index is 13.9. The highest BCUT2D eigenvalue weighted by Crippen LogP contribution is 2.36. The maximum Gasteiger partial charge on any atom is 0.259 e. The van der Waals surface area contributed by atoms with Crippen molar-refractivity contribution < 1.29 is 23.0 Å². The third kappa shape index (κ3) is 4.58. The molecule has 0 aromatic carbocycles. The van der Waals surface area contributed by atoms with Crippen LogP contribution in [0.3, 0.4) is 0 Å². The fourth-order valence-corrected chi connectivity index (χ4v) is 3.86. The zero-order valence-electron chi connectivity index (χ0n) is 16.5. The van der Waals surface area contributed by atoms with E-state index in [1.807, 2.05) is 6.26 Å². The second-order valence-electron chi connectivity index (χ2n) is 7.10. The Morgan fingerprint density at radius 2 is 2.07 bits per heavy atom. The van der Waals surface area contributed by atoms with E-state index in [0.717, 1.165) is 5.03 Å². The van der Waals surface area contributed by atoms with Crippen LogP contribution in [0.15, 0.2) is 29.4 Å². The normalized spacial score (nSPS) is 17.9. The first-order valence-corrected chi connectivity index (χ1v) is 10.9. The van der Waals surface area contributed by atoms with Crippen LogP contribution < -0.4 is 19.7 Å². The number of anilines is 2. The van der Waals surface area contributed by atoms with Gasteiger partial charge in [-0.15, -0.1) is 11.8 Å². The van der Waals surface area contributed by atoms with Crippen LogP contribution in [0.25, 0.3) is 0 Å². The summed E-state index contributed by atoms with van der Waals surface area (Å²) in [5.74, 6) is -2.14. The van der Waals surface area contributed by atoms with Gasteiger partial charge < -0.3 is 19.7 Å². The smallest absolute Gasteiger partial charge is 0.259 e. The fraction of sp³-hybridized carbons (Fsp3) is 0.450. The van der Waals surface area contributed by atoms with Crippen molar-refractivity contribution in [2.24, 2.45) is 0 Å². The number of fused-ring (bicyclic) bond motifs is 1. The molecule has 4 heterocycles. The Balaban J connectivity index is 1.67. The lowest BCUT2D eigenvalue weighted by Gasteiger charge is -2.26. The Labute approximate surface area is 177 Å². The monoisotopic (exact) mass is 436 g/mol. The number of aromatic nitrogens is 2. The Bertz CT molecular complexity index is 944. The second-order valence-corrected chi connectivity index (χ2v) is 7.92. The second kappa shape index (κ2) is 8.63. The summed E-state index contributed by atoms with van der Waals surface area (Å²) in [4.78, 5) is 23.5. The highest BCUT2D eigenvalue weighted by Gasteiger charge is 2.34. The molecular weight excluding hydrogens is 414 g/mol. The van der Waals surface area contributed by atoms with Gasteiger partial charge in [-0.2, -0.15) is 4.98 Å². The van der Waals surface area contributed by atoms with Gasteiger partial charge in [0, 0.05) is 43.9 Å². The molecule has 1 fully saturated rings. The minimum atomic E-state index is -2.71. The molecule has 10 heteroatoms. The number of carbonyl (C=O) groups is 1. The van der Waals surface area contributed by atoms with Crippen LogP contribution in [0.1, 0.15) is 29.6 Å². The predicted octanol–water partition coefficient (Wildman–Crippen LogP) is 3.85. The van der Waals surface area contributed by atoms with Gasteiger partial charge in [-0.1, -0.05) is 0 Å². The van der Waals surface area contributed by atoms with Crippen molar-refractivity contribution in [1.82, 2.24) is 9.97 Å². The standard InChI is InChI=1S/C20H22F2N4O3S/c1-30-16-11-13(3-6-23-16)24-18(27)14-12-15-19(29-10-9-28-15)25-17(14)26-7-2-4-20(21,22)5-8-26/h3,6,11-12H,2,4-5,7-10H2,1H3,(H,23,24,27). The van der Waals surface area contributed by atoms with Gasteiger partial charge in [-0.05, 0) is 24.8 Å². The number of alkyl halides is 2. The molecule has 7 nitrogen and oxygen atoms in total. The van der Waals surface area contributed by atoms with E-state index in [9.17, 15) is 13.6 Å². The number of hydrogen-bond donors (Lipinski definition) is 1. The fourth-order valence-electron chi connectivity index (χ4n) is 3.45. The molecule has 1 amide bonds. The SMILES string of the molecule is CSc1cc(NC(=O)c2cc3c(nc2N2CCCC(F)(F)CC2)OCCO3)ccn1. The summed E-state index contributed by atoms with van der Waals surface area (Å²) in [5, 5.41) is 3.61. The maximum atomic E-state index is 13.9. The topological polar surface area (TPSA) is 76.6 Å². The summed E-state index contributed by atoms with van der Waals surface area (Å²) in [6, 6.07) is 5.03. The summed E-state index contributed by atoms with van der Waals surface area (Å²) >= 11 is 1.46. The average molecular weight is 436 g/mol. The number of ether oxygens (including phenoxy) is 2. The minimum absolute atomic E-state index is 0.103. The molecule has 0 radical (unpaired) electrons. The van der Waals surface area contributed by atoms with Crippen molar-refractivity contribution in [3.05, 3.63) is 30.0 Å². The molecule has 0 atom stereocenters. The van der Waals surface area contributed by atoms with Crippen molar-refractivity contribution in [1.29, 1.82) is 0 Å². The molecular formula is C20H22F2N4O3S. The lowest BCUT2D eigenvalue weighted by Crippen LogP contribution is -2.30. The van der Waals surface area contributed by atoms with Crippen LogP contribution in [0.4, 0.5) is 20.3 Å². The van der Waals surface area contributed by atoms with Crippen LogP contribution in [-0.4, -0.2) is 54.4 Å². The van der Waals surface area contributed by atoms with Gasteiger partial charge in [-0.3, -0.25) is 4.79 Å². The van der Waals surface area contributed by atoms with E-state index in [1.54, 1.807) is 29.3 Å². The first kappa shape index (κ1) is 20.6. The molecule has 1 saturated heterocycles. The Hall–Kier alpha value is -2.62. The summed E-state index contributed by atoms with van der Waals surface area (Å²) in [6.07, 6.45) is 3.36. The Morgan fingerprint density at radius 1 is 1.23 bits per heavy atom. The van der Waals surface area contributed by atoms with Gasteiger partial charge in [0.2, 0.25) is 5.92 Å². The summed E-state index contributed by atoms with van der Waals surface area (Å²) in [5.41, 5.74) is 0.842. The molecule has 0 bridgehead atoms. The number of hydrogen-bond acceptors (Lipinski definition) is 7. The van der Waals surface area contributed by atoms with E-state index in [2.05, 4.69) is 15.3 Å². The van der Waals surface area contributed by atoms with Crippen LogP contribution in [-0.2, 0) is 0 Å². The van der Waals surface area contributed by atoms with Gasteiger partial charge >= 0.3 is 0 Å². The van der Waals surface area contributed by atoms with Crippen molar-refractivity contribution in [3.8, 4) is 11.6 Å². The van der Waals surface area contributed by atoms with E-state index in [-0.39, 0.29) is 30.8 Å². The average Bonchev–Trinajstić information content (AvgIpc) is 2.93. The first-order chi connectivity index (χ1) is 14.4. The van der Waals surface area contributed by atoms with Crippen molar-refractivity contribution in [2.45, 2.75) is 30.2 Å². The zero-order chi connectivity index (χ0) is 21.1. The van der Waals surface area contributed by atoms with Gasteiger partial charge in [0.15, 0.2) is 5.75 Å². The van der Waals surface area contributed by atoms with Crippen LogP contribution in [0.2, 0.25) is 0 Å². The van der Waals surface area contributed by atoms with Crippen LogP contribution in [0, 0.1) is 0 Å². The predicted molar refractivity (Wildman–Crippen MR) is 110 cm³/mol. The molecule has 0 unspecified atom stereocenters. The number of amides is 1. The molecule has 0 spiro atoms. The largest absolute Gasteiger partial charge is 0.484 e. The molecule has 2 aliphatic heterocycles. The highest BCUT2D eigenvalue weighted by molar-refractivity contribution is 7.98. The lowest BCUT2D eigenvalue weighted by atomic mass is 10.1. The molecule has 2 aromatic rings. The summed E-state index contributed by atoms with van der Waals surface area (Å²) in [7, 11) is 0. The van der Waals surface area contributed by atoms with E-state index in [0.29, 0.717) is 43.4 Å². The van der Waals surface area contributed by atoms with Gasteiger partial charge in [-0.25, -0.2) is 13.8 Å². The van der Waals surface area contributed by atoms with Crippen LogP contribution >= 0.6 is 11.8 Å². The summed E-state index contributed by atoms with van der Waals surface area (Å²) < 4.78 is 38.9. The van der Waals surface area contributed by atoms with Gasteiger partial charge in [0.25, 0.3) is 11.8 Å². The zero-order valence-corrected chi connectivity index (χ0v) is 17.3. The summed E-state index contributed by atoms with van der Waals surface area (Å²) in [6.45, 7) is 1.18. The van der Waals surface area contributed by atoms with Crippen molar-refractivity contribution in [2.75, 3.05) is 42.8 Å². The van der Waals surface area contributed by atoms with Crippen molar-refractivity contribution in [3.63, 3.8) is 0 Å². The number of thioether (sulfide) groups is 1. The highest BCUT2D eigenvalue weighted by atomic mass is 32.2. The quantitative estimate of drug-likeness (QED) is 0.730. The molecule has 1 N–H and O–H groups in total. The molecule has 160 valence electrons. The Morgan fingerprint density at radius 3 is 2.90 bits per heavy atom. The molecule has 0 saturated carbocycles.